The average molecular weight is 301 g/mol. The van der Waals surface area contributed by atoms with Crippen LogP contribution in [0.5, 0.6) is 5.75 Å². The quantitative estimate of drug-likeness (QED) is 0.352. The number of para-hydroxylation sites is 1. The normalized spacial score (nSPS) is 16.4. The number of rotatable bonds is 5. The Labute approximate surface area is 147 Å². The first-order valence-corrected chi connectivity index (χ1v) is 6.92. The van der Waals surface area contributed by atoms with Crippen LogP contribution >= 0.6 is 0 Å². The first kappa shape index (κ1) is 18.4. The summed E-state index contributed by atoms with van der Waals surface area (Å²) in [6.45, 7) is 5.19. The predicted molar refractivity (Wildman–Crippen MR) is 74.8 cm³/mol. The minimum absolute atomic E-state index is 0. The van der Waals surface area contributed by atoms with Crippen molar-refractivity contribution in [1.82, 2.24) is 9.80 Å². The van der Waals surface area contributed by atoms with Gasteiger partial charge in [0.1, 0.15) is 0 Å². The SMILES string of the molecule is CN1CCN(CCCc2cccc([N+](=O)[O-])c2[O-])CC1.[Na+]. The molecule has 0 aliphatic carbocycles. The molecule has 1 saturated heterocycles. The summed E-state index contributed by atoms with van der Waals surface area (Å²) in [5.74, 6) is -0.434. The Bertz CT molecular complexity index is 477. The molecule has 0 bridgehead atoms. The second-order valence-corrected chi connectivity index (χ2v) is 5.27. The molecule has 1 aliphatic rings. The van der Waals surface area contributed by atoms with Crippen LogP contribution in [-0.2, 0) is 6.42 Å². The Morgan fingerprint density at radius 2 is 1.90 bits per heavy atom. The number of nitrogens with zero attached hydrogens (tertiary/aromatic N) is 3. The summed E-state index contributed by atoms with van der Waals surface area (Å²) < 4.78 is 0. The summed E-state index contributed by atoms with van der Waals surface area (Å²) in [5.41, 5.74) is 0.232. The number of likely N-dealkylation sites (N-methyl/N-ethyl adjacent to an activating group) is 1. The van der Waals surface area contributed by atoms with Crippen LogP contribution in [0.25, 0.3) is 0 Å². The van der Waals surface area contributed by atoms with Gasteiger partial charge in [0.25, 0.3) is 5.69 Å². The molecule has 7 heteroatoms. The maximum atomic E-state index is 11.9. The number of aryl methyl sites for hydroxylation is 1. The van der Waals surface area contributed by atoms with Crippen LogP contribution in [-0.4, -0.2) is 54.5 Å². The molecule has 1 heterocycles. The van der Waals surface area contributed by atoms with Gasteiger partial charge in [0.15, 0.2) is 0 Å². The molecule has 1 aliphatic heterocycles. The Morgan fingerprint density at radius 3 is 2.52 bits per heavy atom. The first-order chi connectivity index (χ1) is 9.58. The fraction of sp³-hybridized carbons (Fsp3) is 0.571. The molecule has 1 fully saturated rings. The molecule has 2 rings (SSSR count). The summed E-state index contributed by atoms with van der Waals surface area (Å²) in [7, 11) is 2.12. The number of piperazine rings is 1. The Hall–Kier alpha value is -0.660. The van der Waals surface area contributed by atoms with Gasteiger partial charge in [0, 0.05) is 32.2 Å². The third kappa shape index (κ3) is 5.23. The van der Waals surface area contributed by atoms with E-state index in [1.807, 2.05) is 0 Å². The molecule has 0 amide bonds. The standard InChI is InChI=1S/C14H21N3O3.Na/c1-15-8-10-16(11-9-15)7-3-5-12-4-2-6-13(14(12)18)17(19)20;/h2,4,6,18H,3,5,7-11H2,1H3;/q;+1/p-1. The molecule has 0 atom stereocenters. The van der Waals surface area contributed by atoms with Gasteiger partial charge in [-0.25, -0.2) is 0 Å². The van der Waals surface area contributed by atoms with Crippen LogP contribution < -0.4 is 34.7 Å². The minimum Gasteiger partial charge on any atom is -0.868 e. The molecular formula is C14H20N3NaO3. The van der Waals surface area contributed by atoms with Gasteiger partial charge < -0.3 is 14.9 Å². The predicted octanol–water partition coefficient (Wildman–Crippen LogP) is -2.15. The maximum Gasteiger partial charge on any atom is 1.00 e. The molecule has 6 nitrogen and oxygen atoms in total. The summed E-state index contributed by atoms with van der Waals surface area (Å²) in [6, 6.07) is 4.55. The van der Waals surface area contributed by atoms with Crippen molar-refractivity contribution in [2.45, 2.75) is 12.8 Å². The zero-order valence-corrected chi connectivity index (χ0v) is 14.7. The zero-order chi connectivity index (χ0) is 14.5. The van der Waals surface area contributed by atoms with Gasteiger partial charge in [-0.3, -0.25) is 10.1 Å². The third-order valence-electron chi connectivity index (χ3n) is 3.79. The largest absolute Gasteiger partial charge is 1.00 e. The first-order valence-electron chi connectivity index (χ1n) is 6.92. The second-order valence-electron chi connectivity index (χ2n) is 5.27. The number of hydrogen-bond donors (Lipinski definition) is 0. The monoisotopic (exact) mass is 301 g/mol. The van der Waals surface area contributed by atoms with Gasteiger partial charge in [-0.15, -0.1) is 0 Å². The molecular weight excluding hydrogens is 281 g/mol. The Balaban J connectivity index is 0.00000220. The van der Waals surface area contributed by atoms with E-state index < -0.39 is 10.7 Å². The van der Waals surface area contributed by atoms with Crippen molar-refractivity contribution in [3.63, 3.8) is 0 Å². The van der Waals surface area contributed by atoms with Gasteiger partial charge >= 0.3 is 29.6 Å². The smallest absolute Gasteiger partial charge is 0.868 e. The van der Waals surface area contributed by atoms with Crippen molar-refractivity contribution in [1.29, 1.82) is 0 Å². The molecule has 0 N–H and O–H groups in total. The van der Waals surface area contributed by atoms with Gasteiger partial charge in [-0.2, -0.15) is 0 Å². The van der Waals surface area contributed by atoms with Crippen LogP contribution in [0, 0.1) is 10.1 Å². The molecule has 110 valence electrons. The van der Waals surface area contributed by atoms with Crippen molar-refractivity contribution >= 4 is 5.69 Å². The van der Waals surface area contributed by atoms with E-state index in [1.165, 1.54) is 6.07 Å². The van der Waals surface area contributed by atoms with E-state index in [4.69, 9.17) is 0 Å². The van der Waals surface area contributed by atoms with E-state index in [2.05, 4.69) is 16.8 Å². The maximum absolute atomic E-state index is 11.9. The van der Waals surface area contributed by atoms with Crippen molar-refractivity contribution in [3.05, 3.63) is 33.9 Å². The van der Waals surface area contributed by atoms with Gasteiger partial charge in [-0.05, 0) is 37.7 Å². The fourth-order valence-corrected chi connectivity index (χ4v) is 2.48. The topological polar surface area (TPSA) is 72.7 Å². The van der Waals surface area contributed by atoms with Crippen LogP contribution in [0.3, 0.4) is 0 Å². The average Bonchev–Trinajstić information content (AvgIpc) is 2.42. The van der Waals surface area contributed by atoms with Crippen molar-refractivity contribution in [3.8, 4) is 5.75 Å². The third-order valence-corrected chi connectivity index (χ3v) is 3.79. The molecule has 1 aromatic carbocycles. The second kappa shape index (κ2) is 8.70. The van der Waals surface area contributed by atoms with E-state index in [1.54, 1.807) is 12.1 Å². The summed E-state index contributed by atoms with van der Waals surface area (Å²) in [6.07, 6.45) is 1.47. The van der Waals surface area contributed by atoms with E-state index in [9.17, 15) is 15.2 Å². The van der Waals surface area contributed by atoms with E-state index in [0.29, 0.717) is 12.0 Å². The Morgan fingerprint density at radius 1 is 1.24 bits per heavy atom. The molecule has 1 aromatic rings. The number of benzene rings is 1. The summed E-state index contributed by atoms with van der Waals surface area (Å²) in [5, 5.41) is 22.6. The van der Waals surface area contributed by atoms with E-state index >= 15 is 0 Å². The van der Waals surface area contributed by atoms with Gasteiger partial charge in [0.2, 0.25) is 0 Å². The van der Waals surface area contributed by atoms with Crippen LogP contribution in [0.2, 0.25) is 0 Å². The van der Waals surface area contributed by atoms with E-state index in [-0.39, 0.29) is 35.2 Å². The molecule has 0 unspecified atom stereocenters. The number of nitro groups is 1. The van der Waals surface area contributed by atoms with Crippen LogP contribution in [0.4, 0.5) is 5.69 Å². The molecule has 0 aromatic heterocycles. The molecule has 0 saturated carbocycles. The van der Waals surface area contributed by atoms with Gasteiger partial charge in [0.05, 0.1) is 4.92 Å². The van der Waals surface area contributed by atoms with Crippen LogP contribution in [0.1, 0.15) is 12.0 Å². The van der Waals surface area contributed by atoms with Crippen molar-refractivity contribution < 1.29 is 39.6 Å². The molecule has 0 radical (unpaired) electrons. The summed E-state index contributed by atoms with van der Waals surface area (Å²) in [4.78, 5) is 14.8. The molecule has 0 spiro atoms. The number of nitro benzene ring substituents is 1. The zero-order valence-electron chi connectivity index (χ0n) is 12.7. The Kier molecular flexibility index (Phi) is 7.62. The minimum atomic E-state index is -0.605. The van der Waals surface area contributed by atoms with Gasteiger partial charge in [-0.1, -0.05) is 12.1 Å². The van der Waals surface area contributed by atoms with Crippen LogP contribution in [0.15, 0.2) is 18.2 Å². The summed E-state index contributed by atoms with van der Waals surface area (Å²) >= 11 is 0. The van der Waals surface area contributed by atoms with E-state index in [0.717, 1.165) is 39.1 Å². The number of hydrogen-bond acceptors (Lipinski definition) is 5. The molecule has 21 heavy (non-hydrogen) atoms. The van der Waals surface area contributed by atoms with Crippen molar-refractivity contribution in [2.24, 2.45) is 0 Å². The van der Waals surface area contributed by atoms with Crippen molar-refractivity contribution in [2.75, 3.05) is 39.8 Å². The fourth-order valence-electron chi connectivity index (χ4n) is 2.48.